The van der Waals surface area contributed by atoms with E-state index in [2.05, 4.69) is 0 Å². The Hall–Kier alpha value is -1.09. The van der Waals surface area contributed by atoms with Gasteiger partial charge in [0.2, 0.25) is 0 Å². The van der Waals surface area contributed by atoms with Gasteiger partial charge in [0, 0.05) is 30.9 Å². The Morgan fingerprint density at radius 2 is 2.07 bits per heavy atom. The van der Waals surface area contributed by atoms with Gasteiger partial charge in [0.15, 0.2) is 0 Å². The minimum absolute atomic E-state index is 0.141. The van der Waals surface area contributed by atoms with Gasteiger partial charge in [0.25, 0.3) is 0 Å². The van der Waals surface area contributed by atoms with E-state index in [1.807, 2.05) is 25.1 Å². The van der Waals surface area contributed by atoms with Crippen LogP contribution in [0.25, 0.3) is 0 Å². The SMILES string of the molecule is CN(C)c1cccc(F)c1CC1(N)CC1. The van der Waals surface area contributed by atoms with Gasteiger partial charge in [-0.3, -0.25) is 0 Å². The number of hydrogen-bond acceptors (Lipinski definition) is 2. The topological polar surface area (TPSA) is 29.3 Å². The van der Waals surface area contributed by atoms with Gasteiger partial charge in [0.05, 0.1) is 0 Å². The molecule has 1 fully saturated rings. The molecule has 1 aliphatic rings. The molecule has 1 aliphatic carbocycles. The summed E-state index contributed by atoms with van der Waals surface area (Å²) in [5.74, 6) is -0.141. The van der Waals surface area contributed by atoms with Gasteiger partial charge >= 0.3 is 0 Å². The molecule has 82 valence electrons. The molecule has 15 heavy (non-hydrogen) atoms. The van der Waals surface area contributed by atoms with Gasteiger partial charge in [-0.05, 0) is 31.4 Å². The molecular weight excluding hydrogens is 191 g/mol. The molecule has 0 aromatic heterocycles. The smallest absolute Gasteiger partial charge is 0.128 e. The Morgan fingerprint density at radius 1 is 1.40 bits per heavy atom. The highest BCUT2D eigenvalue weighted by molar-refractivity contribution is 5.54. The van der Waals surface area contributed by atoms with Gasteiger partial charge in [-0.1, -0.05) is 6.07 Å². The summed E-state index contributed by atoms with van der Waals surface area (Å²) < 4.78 is 13.7. The molecular formula is C12H17FN2. The average molecular weight is 208 g/mol. The van der Waals surface area contributed by atoms with Crippen LogP contribution in [-0.2, 0) is 6.42 Å². The highest BCUT2D eigenvalue weighted by Crippen LogP contribution is 2.38. The maximum absolute atomic E-state index is 13.7. The third-order valence-corrected chi connectivity index (χ3v) is 3.00. The Morgan fingerprint density at radius 3 is 2.60 bits per heavy atom. The van der Waals surface area contributed by atoms with Crippen LogP contribution in [0.1, 0.15) is 18.4 Å². The van der Waals surface area contributed by atoms with Crippen LogP contribution in [0.4, 0.5) is 10.1 Å². The molecule has 0 amide bonds. The minimum Gasteiger partial charge on any atom is -0.377 e. The molecule has 1 aromatic carbocycles. The van der Waals surface area contributed by atoms with E-state index in [4.69, 9.17) is 5.73 Å². The first-order valence-corrected chi connectivity index (χ1v) is 5.25. The molecule has 2 rings (SSSR count). The maximum atomic E-state index is 13.7. The van der Waals surface area contributed by atoms with E-state index in [0.717, 1.165) is 24.1 Å². The zero-order valence-corrected chi connectivity index (χ0v) is 9.26. The van der Waals surface area contributed by atoms with E-state index in [0.29, 0.717) is 6.42 Å². The summed E-state index contributed by atoms with van der Waals surface area (Å²) in [7, 11) is 3.85. The second-order valence-corrected chi connectivity index (χ2v) is 4.67. The van der Waals surface area contributed by atoms with Crippen LogP contribution in [0.3, 0.4) is 0 Å². The largest absolute Gasteiger partial charge is 0.377 e. The number of benzene rings is 1. The fraction of sp³-hybridized carbons (Fsp3) is 0.500. The van der Waals surface area contributed by atoms with Crippen LogP contribution < -0.4 is 10.6 Å². The first kappa shape index (κ1) is 10.4. The van der Waals surface area contributed by atoms with Crippen molar-refractivity contribution in [3.05, 3.63) is 29.6 Å². The summed E-state index contributed by atoms with van der Waals surface area (Å²) in [5, 5.41) is 0. The molecule has 0 atom stereocenters. The molecule has 2 N–H and O–H groups in total. The fourth-order valence-corrected chi connectivity index (χ4v) is 1.83. The van der Waals surface area contributed by atoms with Gasteiger partial charge in [-0.15, -0.1) is 0 Å². The van der Waals surface area contributed by atoms with E-state index < -0.39 is 0 Å². The Kier molecular flexibility index (Phi) is 2.43. The van der Waals surface area contributed by atoms with Crippen LogP contribution >= 0.6 is 0 Å². The Balaban J connectivity index is 2.34. The quantitative estimate of drug-likeness (QED) is 0.822. The molecule has 0 heterocycles. The summed E-state index contributed by atoms with van der Waals surface area (Å²) in [5.41, 5.74) is 7.57. The van der Waals surface area contributed by atoms with E-state index in [1.165, 1.54) is 6.07 Å². The van der Waals surface area contributed by atoms with Crippen LogP contribution in [0.5, 0.6) is 0 Å². The number of hydrogen-bond donors (Lipinski definition) is 1. The summed E-state index contributed by atoms with van der Waals surface area (Å²) in [6.45, 7) is 0. The molecule has 0 radical (unpaired) electrons. The van der Waals surface area contributed by atoms with Crippen molar-refractivity contribution in [1.82, 2.24) is 0 Å². The van der Waals surface area contributed by atoms with Crippen LogP contribution in [-0.4, -0.2) is 19.6 Å². The van der Waals surface area contributed by atoms with Crippen LogP contribution in [0.15, 0.2) is 18.2 Å². The number of anilines is 1. The van der Waals surface area contributed by atoms with E-state index >= 15 is 0 Å². The van der Waals surface area contributed by atoms with Crippen molar-refractivity contribution in [3.8, 4) is 0 Å². The van der Waals surface area contributed by atoms with Crippen molar-refractivity contribution in [2.75, 3.05) is 19.0 Å². The van der Waals surface area contributed by atoms with Gasteiger partial charge in [-0.2, -0.15) is 0 Å². The fourth-order valence-electron chi connectivity index (χ4n) is 1.83. The molecule has 2 nitrogen and oxygen atoms in total. The van der Waals surface area contributed by atoms with Crippen molar-refractivity contribution in [3.63, 3.8) is 0 Å². The zero-order valence-electron chi connectivity index (χ0n) is 9.26. The minimum atomic E-state index is -0.146. The van der Waals surface area contributed by atoms with Crippen molar-refractivity contribution < 1.29 is 4.39 Å². The van der Waals surface area contributed by atoms with Crippen LogP contribution in [0, 0.1) is 5.82 Å². The summed E-state index contributed by atoms with van der Waals surface area (Å²) in [4.78, 5) is 1.93. The Bertz CT molecular complexity index is 370. The van der Waals surface area contributed by atoms with Crippen molar-refractivity contribution in [2.45, 2.75) is 24.8 Å². The number of nitrogens with two attached hydrogens (primary N) is 1. The lowest BCUT2D eigenvalue weighted by atomic mass is 10.0. The normalized spacial score (nSPS) is 17.6. The second kappa shape index (κ2) is 3.49. The first-order valence-electron chi connectivity index (χ1n) is 5.25. The standard InChI is InChI=1S/C12H17FN2/c1-15(2)11-5-3-4-10(13)9(11)8-12(14)6-7-12/h3-5H,6-8,14H2,1-2H3. The third kappa shape index (κ3) is 2.12. The zero-order chi connectivity index (χ0) is 11.1. The van der Waals surface area contributed by atoms with E-state index in [-0.39, 0.29) is 11.4 Å². The van der Waals surface area contributed by atoms with Crippen LogP contribution in [0.2, 0.25) is 0 Å². The van der Waals surface area contributed by atoms with Gasteiger partial charge in [-0.25, -0.2) is 4.39 Å². The lowest BCUT2D eigenvalue weighted by molar-refractivity contribution is 0.582. The van der Waals surface area contributed by atoms with Crippen molar-refractivity contribution >= 4 is 5.69 Å². The second-order valence-electron chi connectivity index (χ2n) is 4.67. The predicted molar refractivity (Wildman–Crippen MR) is 60.6 cm³/mol. The molecule has 0 unspecified atom stereocenters. The number of rotatable bonds is 3. The Labute approximate surface area is 89.9 Å². The van der Waals surface area contributed by atoms with Crippen molar-refractivity contribution in [2.24, 2.45) is 5.73 Å². The average Bonchev–Trinajstić information content (AvgIpc) is 2.87. The molecule has 1 aromatic rings. The maximum Gasteiger partial charge on any atom is 0.128 e. The molecule has 3 heteroatoms. The molecule has 0 saturated heterocycles. The lowest BCUT2D eigenvalue weighted by Crippen LogP contribution is -2.26. The predicted octanol–water partition coefficient (Wildman–Crippen LogP) is 1.93. The number of nitrogens with zero attached hydrogens (tertiary/aromatic N) is 1. The van der Waals surface area contributed by atoms with Crippen molar-refractivity contribution in [1.29, 1.82) is 0 Å². The summed E-state index contributed by atoms with van der Waals surface area (Å²) in [6, 6.07) is 5.18. The lowest BCUT2D eigenvalue weighted by Gasteiger charge is -2.20. The summed E-state index contributed by atoms with van der Waals surface area (Å²) >= 11 is 0. The third-order valence-electron chi connectivity index (χ3n) is 3.00. The number of halogens is 1. The van der Waals surface area contributed by atoms with E-state index in [1.54, 1.807) is 6.07 Å². The van der Waals surface area contributed by atoms with Gasteiger partial charge in [0.1, 0.15) is 5.82 Å². The molecule has 1 saturated carbocycles. The van der Waals surface area contributed by atoms with Gasteiger partial charge < -0.3 is 10.6 Å². The first-order chi connectivity index (χ1) is 7.02. The molecule has 0 aliphatic heterocycles. The molecule has 0 spiro atoms. The van der Waals surface area contributed by atoms with E-state index in [9.17, 15) is 4.39 Å². The molecule has 0 bridgehead atoms. The highest BCUT2D eigenvalue weighted by Gasteiger charge is 2.39. The highest BCUT2D eigenvalue weighted by atomic mass is 19.1. The monoisotopic (exact) mass is 208 g/mol. The summed E-state index contributed by atoms with van der Waals surface area (Å²) in [6.07, 6.45) is 2.66.